The SMILES string of the molecule is CC.CC(C)=CC1=C(C)CCC1. The monoisotopic (exact) mass is 166 g/mol. The summed E-state index contributed by atoms with van der Waals surface area (Å²) in [5, 5.41) is 0. The molecule has 0 amide bonds. The lowest BCUT2D eigenvalue weighted by molar-refractivity contribution is 0.898. The summed E-state index contributed by atoms with van der Waals surface area (Å²) in [7, 11) is 0. The van der Waals surface area contributed by atoms with E-state index in [2.05, 4.69) is 26.8 Å². The first kappa shape index (κ1) is 11.5. The van der Waals surface area contributed by atoms with Gasteiger partial charge in [-0.3, -0.25) is 0 Å². The molecule has 1 rings (SSSR count). The van der Waals surface area contributed by atoms with Crippen LogP contribution in [0.3, 0.4) is 0 Å². The highest BCUT2D eigenvalue weighted by molar-refractivity contribution is 5.30. The zero-order valence-electron chi connectivity index (χ0n) is 9.20. The number of allylic oxidation sites excluding steroid dienone is 4. The molecule has 0 bridgehead atoms. The molecular weight excluding hydrogens is 144 g/mol. The standard InChI is InChI=1S/C10H16.C2H6/c1-8(2)7-10-6-4-5-9(10)3;1-2/h7H,4-6H2,1-3H3;1-2H3. The summed E-state index contributed by atoms with van der Waals surface area (Å²) < 4.78 is 0. The Morgan fingerprint density at radius 2 is 1.75 bits per heavy atom. The molecule has 0 aliphatic heterocycles. The molecule has 0 heteroatoms. The third kappa shape index (κ3) is 3.75. The van der Waals surface area contributed by atoms with E-state index in [1.807, 2.05) is 13.8 Å². The van der Waals surface area contributed by atoms with Crippen LogP contribution >= 0.6 is 0 Å². The van der Waals surface area contributed by atoms with Gasteiger partial charge in [0.1, 0.15) is 0 Å². The lowest BCUT2D eigenvalue weighted by Gasteiger charge is -1.95. The normalized spacial score (nSPS) is 15.4. The van der Waals surface area contributed by atoms with Crippen molar-refractivity contribution in [2.75, 3.05) is 0 Å². The summed E-state index contributed by atoms with van der Waals surface area (Å²) in [6.45, 7) is 10.6. The minimum Gasteiger partial charge on any atom is -0.0762 e. The van der Waals surface area contributed by atoms with E-state index in [0.29, 0.717) is 0 Å². The van der Waals surface area contributed by atoms with E-state index >= 15 is 0 Å². The van der Waals surface area contributed by atoms with Gasteiger partial charge in [0.05, 0.1) is 0 Å². The van der Waals surface area contributed by atoms with Crippen molar-refractivity contribution >= 4 is 0 Å². The van der Waals surface area contributed by atoms with E-state index in [9.17, 15) is 0 Å². The van der Waals surface area contributed by atoms with Gasteiger partial charge >= 0.3 is 0 Å². The maximum Gasteiger partial charge on any atom is -0.0276 e. The molecule has 0 N–H and O–H groups in total. The van der Waals surface area contributed by atoms with Crippen LogP contribution in [0.15, 0.2) is 22.8 Å². The highest BCUT2D eigenvalue weighted by Crippen LogP contribution is 2.26. The van der Waals surface area contributed by atoms with Crippen LogP contribution in [0, 0.1) is 0 Å². The van der Waals surface area contributed by atoms with Gasteiger partial charge in [-0.25, -0.2) is 0 Å². The lowest BCUT2D eigenvalue weighted by atomic mass is 10.1. The molecule has 0 radical (unpaired) electrons. The van der Waals surface area contributed by atoms with Crippen molar-refractivity contribution in [3.05, 3.63) is 22.8 Å². The first-order valence-corrected chi connectivity index (χ1v) is 5.03. The van der Waals surface area contributed by atoms with Gasteiger partial charge in [-0.2, -0.15) is 0 Å². The van der Waals surface area contributed by atoms with Gasteiger partial charge in [0.15, 0.2) is 0 Å². The van der Waals surface area contributed by atoms with Gasteiger partial charge in [-0.05, 0) is 45.6 Å². The van der Waals surface area contributed by atoms with Crippen molar-refractivity contribution in [2.24, 2.45) is 0 Å². The molecule has 0 heterocycles. The van der Waals surface area contributed by atoms with Gasteiger partial charge in [0.25, 0.3) is 0 Å². The molecule has 0 aromatic carbocycles. The quantitative estimate of drug-likeness (QED) is 0.539. The van der Waals surface area contributed by atoms with Crippen LogP contribution in [0.4, 0.5) is 0 Å². The van der Waals surface area contributed by atoms with Crippen LogP contribution in [0.1, 0.15) is 53.9 Å². The van der Waals surface area contributed by atoms with Gasteiger partial charge in [0, 0.05) is 0 Å². The second kappa shape index (κ2) is 6.05. The minimum absolute atomic E-state index is 1.30. The van der Waals surface area contributed by atoms with Crippen molar-refractivity contribution in [2.45, 2.75) is 53.9 Å². The molecule has 0 fully saturated rings. The first-order valence-electron chi connectivity index (χ1n) is 5.03. The molecule has 0 spiro atoms. The topological polar surface area (TPSA) is 0 Å². The predicted molar refractivity (Wildman–Crippen MR) is 57.3 cm³/mol. The smallest absolute Gasteiger partial charge is 0.0276 e. The number of hydrogen-bond donors (Lipinski definition) is 0. The highest BCUT2D eigenvalue weighted by atomic mass is 14.1. The Morgan fingerprint density at radius 3 is 2.08 bits per heavy atom. The van der Waals surface area contributed by atoms with E-state index in [1.165, 1.54) is 24.8 Å². The molecule has 12 heavy (non-hydrogen) atoms. The maximum absolute atomic E-state index is 2.32. The fourth-order valence-electron chi connectivity index (χ4n) is 1.46. The fourth-order valence-corrected chi connectivity index (χ4v) is 1.46. The summed E-state index contributed by atoms with van der Waals surface area (Å²) in [6.07, 6.45) is 6.31. The van der Waals surface area contributed by atoms with Crippen molar-refractivity contribution in [3.63, 3.8) is 0 Å². The average Bonchev–Trinajstić information content (AvgIpc) is 2.40. The van der Waals surface area contributed by atoms with Gasteiger partial charge in [-0.1, -0.05) is 31.1 Å². The van der Waals surface area contributed by atoms with Crippen LogP contribution in [-0.4, -0.2) is 0 Å². The fraction of sp³-hybridized carbons (Fsp3) is 0.667. The molecule has 0 saturated heterocycles. The number of hydrogen-bond acceptors (Lipinski definition) is 0. The van der Waals surface area contributed by atoms with Crippen LogP contribution in [0.2, 0.25) is 0 Å². The molecular formula is C12H22. The molecule has 0 aromatic heterocycles. The molecule has 0 nitrogen and oxygen atoms in total. The molecule has 0 aromatic rings. The lowest BCUT2D eigenvalue weighted by Crippen LogP contribution is -1.74. The van der Waals surface area contributed by atoms with E-state index < -0.39 is 0 Å². The second-order valence-electron chi connectivity index (χ2n) is 3.38. The van der Waals surface area contributed by atoms with Gasteiger partial charge in [-0.15, -0.1) is 0 Å². The third-order valence-corrected chi connectivity index (χ3v) is 2.01. The Balaban J connectivity index is 0.000000561. The van der Waals surface area contributed by atoms with Crippen LogP contribution in [0.25, 0.3) is 0 Å². The Morgan fingerprint density at radius 1 is 1.17 bits per heavy atom. The van der Waals surface area contributed by atoms with Gasteiger partial charge in [0.2, 0.25) is 0 Å². The van der Waals surface area contributed by atoms with Crippen molar-refractivity contribution in [1.29, 1.82) is 0 Å². The largest absolute Gasteiger partial charge is 0.0762 e. The zero-order valence-corrected chi connectivity index (χ0v) is 9.20. The summed E-state index contributed by atoms with van der Waals surface area (Å²) in [6, 6.07) is 0. The Hall–Kier alpha value is -0.520. The van der Waals surface area contributed by atoms with E-state index in [1.54, 1.807) is 11.1 Å². The van der Waals surface area contributed by atoms with Crippen LogP contribution < -0.4 is 0 Å². The maximum atomic E-state index is 2.32. The summed E-state index contributed by atoms with van der Waals surface area (Å²) in [5.74, 6) is 0. The molecule has 1 aliphatic carbocycles. The molecule has 70 valence electrons. The van der Waals surface area contributed by atoms with Crippen molar-refractivity contribution in [3.8, 4) is 0 Å². The Labute approximate surface area is 77.4 Å². The van der Waals surface area contributed by atoms with Crippen LogP contribution in [0.5, 0.6) is 0 Å². The predicted octanol–water partition coefficient (Wildman–Crippen LogP) is 4.48. The molecule has 0 atom stereocenters. The summed E-state index contributed by atoms with van der Waals surface area (Å²) in [5.41, 5.74) is 4.61. The Bertz CT molecular complexity index is 178. The van der Waals surface area contributed by atoms with Crippen molar-refractivity contribution < 1.29 is 0 Å². The number of rotatable bonds is 1. The molecule has 1 aliphatic rings. The minimum atomic E-state index is 1.30. The first-order chi connectivity index (χ1) is 5.70. The van der Waals surface area contributed by atoms with Gasteiger partial charge < -0.3 is 0 Å². The highest BCUT2D eigenvalue weighted by Gasteiger charge is 2.06. The van der Waals surface area contributed by atoms with Crippen molar-refractivity contribution in [1.82, 2.24) is 0 Å². The Kier molecular flexibility index (Phi) is 5.79. The van der Waals surface area contributed by atoms with E-state index in [-0.39, 0.29) is 0 Å². The molecule has 0 saturated carbocycles. The average molecular weight is 166 g/mol. The zero-order chi connectivity index (χ0) is 9.56. The molecule has 0 unspecified atom stereocenters. The third-order valence-electron chi connectivity index (χ3n) is 2.01. The van der Waals surface area contributed by atoms with E-state index in [0.717, 1.165) is 0 Å². The van der Waals surface area contributed by atoms with E-state index in [4.69, 9.17) is 0 Å². The summed E-state index contributed by atoms with van der Waals surface area (Å²) in [4.78, 5) is 0. The summed E-state index contributed by atoms with van der Waals surface area (Å²) >= 11 is 0. The van der Waals surface area contributed by atoms with Crippen LogP contribution in [-0.2, 0) is 0 Å². The second-order valence-corrected chi connectivity index (χ2v) is 3.38.